The van der Waals surface area contributed by atoms with Crippen molar-refractivity contribution < 1.29 is 17.2 Å². The first kappa shape index (κ1) is 17.1. The van der Waals surface area contributed by atoms with E-state index in [2.05, 4.69) is 55.9 Å². The van der Waals surface area contributed by atoms with Gasteiger partial charge < -0.3 is 0 Å². The fourth-order valence-electron chi connectivity index (χ4n) is 0.381. The molecule has 0 bridgehead atoms. The van der Waals surface area contributed by atoms with Gasteiger partial charge in [0.15, 0.2) is 3.42 Å². The quantitative estimate of drug-likeness (QED) is 0.387. The van der Waals surface area contributed by atoms with Crippen molar-refractivity contribution in [3.8, 4) is 0 Å². The van der Waals surface area contributed by atoms with Crippen LogP contribution < -0.4 is 0 Å². The fraction of sp³-hybridized carbons (Fsp3) is 1.00. The first-order valence-corrected chi connectivity index (χ1v) is 8.28. The summed E-state index contributed by atoms with van der Waals surface area (Å²) in [7, 11) is -4.00. The van der Waals surface area contributed by atoms with Crippen molar-refractivity contribution in [2.24, 2.45) is 5.41 Å². The molecular weight excluding hydrogens is 466 g/mol. The summed E-state index contributed by atoms with van der Waals surface area (Å²) in [5, 5.41) is 0.543. The van der Waals surface area contributed by atoms with E-state index in [0.717, 1.165) is 0 Å². The van der Waals surface area contributed by atoms with Crippen LogP contribution in [-0.2, 0) is 17.2 Å². The van der Waals surface area contributed by atoms with Crippen LogP contribution in [0.2, 0.25) is 0 Å². The molecule has 0 radical (unpaired) electrons. The maximum absolute atomic E-state index is 11.5. The van der Waals surface area contributed by atoms with E-state index in [-0.39, 0.29) is 0 Å². The van der Waals surface area contributed by atoms with Crippen molar-refractivity contribution in [2.45, 2.75) is 17.3 Å². The maximum atomic E-state index is 11.5. The molecule has 0 aliphatic heterocycles. The number of rotatable bonds is 6. The normalized spacial score (nSPS) is 14.3. The van der Waals surface area contributed by atoms with Crippen LogP contribution in [0.15, 0.2) is 0 Å². The fourth-order valence-corrected chi connectivity index (χ4v) is 3.90. The molecular formula is C5H8Br3Cl2O4P. The van der Waals surface area contributed by atoms with E-state index in [4.69, 9.17) is 28.3 Å². The molecule has 4 nitrogen and oxygen atoms in total. The van der Waals surface area contributed by atoms with Crippen LogP contribution in [0.25, 0.3) is 0 Å². The first-order valence-electron chi connectivity index (χ1n) is 3.49. The third kappa shape index (κ3) is 4.72. The van der Waals surface area contributed by atoms with Crippen molar-refractivity contribution in [1.29, 1.82) is 0 Å². The second-order valence-electron chi connectivity index (χ2n) is 3.21. The Morgan fingerprint density at radius 1 is 1.27 bits per heavy atom. The monoisotopic (exact) mass is 470 g/mol. The average molecular weight is 474 g/mol. The zero-order valence-electron chi connectivity index (χ0n) is 7.68. The number of hydrogen-bond acceptors (Lipinski definition) is 4. The summed E-state index contributed by atoms with van der Waals surface area (Å²) in [6.07, 6.45) is 0. The Hall–Kier alpha value is 2.13. The smallest absolute Gasteiger partial charge is 0.255 e. The highest BCUT2D eigenvalue weighted by atomic mass is 79.9. The lowest BCUT2D eigenvalue weighted by atomic mass is 9.98. The molecule has 0 saturated heterocycles. The van der Waals surface area contributed by atoms with Crippen LogP contribution in [0.5, 0.6) is 0 Å². The van der Waals surface area contributed by atoms with Crippen molar-refractivity contribution in [1.82, 2.24) is 0 Å². The minimum atomic E-state index is -4.00. The SMILES string of the molecule is CC(C)(CBr)C(Br)(Br)OP(=O)(OCl)OCl. The zero-order valence-corrected chi connectivity index (χ0v) is 14.8. The molecule has 0 unspecified atom stereocenters. The Bertz CT molecular complexity index is 255. The van der Waals surface area contributed by atoms with Crippen molar-refractivity contribution >= 4 is 79.3 Å². The number of hydrogen-bond donors (Lipinski definition) is 0. The minimum Gasteiger partial charge on any atom is -0.255 e. The standard InChI is InChI=1S/C5H8Br3Cl2O4P/c1-4(2,3-6)5(7,8)12-15(11,13-9)14-10/h3H2,1-2H3. The molecule has 0 fully saturated rings. The Labute approximate surface area is 124 Å². The highest BCUT2D eigenvalue weighted by molar-refractivity contribution is 9.25. The highest BCUT2D eigenvalue weighted by Crippen LogP contribution is 2.61. The van der Waals surface area contributed by atoms with Gasteiger partial charge in [-0.15, -0.1) is 0 Å². The molecule has 0 spiro atoms. The van der Waals surface area contributed by atoms with Gasteiger partial charge in [-0.1, -0.05) is 29.8 Å². The molecule has 0 aromatic rings. The summed E-state index contributed by atoms with van der Waals surface area (Å²) in [6.45, 7) is 3.66. The third-order valence-electron chi connectivity index (χ3n) is 1.52. The van der Waals surface area contributed by atoms with Gasteiger partial charge in [0.1, 0.15) is 0 Å². The van der Waals surface area contributed by atoms with Gasteiger partial charge in [0.25, 0.3) is 0 Å². The molecule has 92 valence electrons. The molecule has 0 saturated carbocycles. The van der Waals surface area contributed by atoms with Gasteiger partial charge in [0, 0.05) is 10.7 Å². The van der Waals surface area contributed by atoms with Crippen LogP contribution >= 0.6 is 79.3 Å². The lowest BCUT2D eigenvalue weighted by molar-refractivity contribution is 0.115. The van der Waals surface area contributed by atoms with Gasteiger partial charge in [-0.2, -0.15) is 8.15 Å². The molecule has 0 aromatic heterocycles. The molecule has 0 aliphatic rings. The molecule has 0 heterocycles. The minimum absolute atomic E-state index is 0.479. The number of alkyl halides is 3. The van der Waals surface area contributed by atoms with Crippen molar-refractivity contribution in [3.63, 3.8) is 0 Å². The third-order valence-corrected chi connectivity index (χ3v) is 7.74. The van der Waals surface area contributed by atoms with Gasteiger partial charge in [-0.05, 0) is 31.9 Å². The number of phosphoric acid groups is 1. The zero-order chi connectivity index (χ0) is 12.3. The van der Waals surface area contributed by atoms with Crippen LogP contribution in [0.4, 0.5) is 0 Å². The van der Waals surface area contributed by atoms with Crippen LogP contribution in [-0.4, -0.2) is 8.75 Å². The maximum Gasteiger partial charge on any atom is 0.510 e. The van der Waals surface area contributed by atoms with Gasteiger partial charge in [-0.3, -0.25) is 4.52 Å². The Morgan fingerprint density at radius 3 is 1.93 bits per heavy atom. The summed E-state index contributed by atoms with van der Waals surface area (Å²) in [5.41, 5.74) is -0.479. The Kier molecular flexibility index (Phi) is 7.24. The molecule has 0 atom stereocenters. The first-order chi connectivity index (χ1) is 6.64. The van der Waals surface area contributed by atoms with E-state index in [1.165, 1.54) is 0 Å². The van der Waals surface area contributed by atoms with Crippen LogP contribution in [0, 0.1) is 5.41 Å². The molecule has 0 aromatic carbocycles. The summed E-state index contributed by atoms with van der Waals surface area (Å²) in [6, 6.07) is 0. The van der Waals surface area contributed by atoms with E-state index >= 15 is 0 Å². The summed E-state index contributed by atoms with van der Waals surface area (Å²) in [4.78, 5) is 0. The predicted octanol–water partition coefficient (Wildman–Crippen LogP) is 5.32. The van der Waals surface area contributed by atoms with Crippen LogP contribution in [0.3, 0.4) is 0 Å². The number of halogens is 5. The van der Waals surface area contributed by atoms with Crippen molar-refractivity contribution in [3.05, 3.63) is 0 Å². The van der Waals surface area contributed by atoms with Gasteiger partial charge in [0.2, 0.25) is 0 Å². The summed E-state index contributed by atoms with van der Waals surface area (Å²) in [5.74, 6) is 0. The molecule has 0 amide bonds. The molecule has 10 heteroatoms. The van der Waals surface area contributed by atoms with Crippen molar-refractivity contribution in [2.75, 3.05) is 5.33 Å². The van der Waals surface area contributed by atoms with E-state index in [1.54, 1.807) is 0 Å². The summed E-state index contributed by atoms with van der Waals surface area (Å²) < 4.78 is 23.5. The Morgan fingerprint density at radius 2 is 1.67 bits per heavy atom. The Balaban J connectivity index is 4.85. The van der Waals surface area contributed by atoms with E-state index in [0.29, 0.717) is 5.33 Å². The molecule has 15 heavy (non-hydrogen) atoms. The largest absolute Gasteiger partial charge is 0.510 e. The average Bonchev–Trinajstić information content (AvgIpc) is 2.16. The molecule has 0 rings (SSSR count). The lowest BCUT2D eigenvalue weighted by Crippen LogP contribution is -2.36. The van der Waals surface area contributed by atoms with E-state index in [1.807, 2.05) is 13.8 Å². The van der Waals surface area contributed by atoms with Gasteiger partial charge in [0.05, 0.1) is 23.7 Å². The molecule has 0 N–H and O–H groups in total. The van der Waals surface area contributed by atoms with E-state index in [9.17, 15) is 4.57 Å². The van der Waals surface area contributed by atoms with Crippen LogP contribution in [0.1, 0.15) is 13.8 Å². The predicted molar refractivity (Wildman–Crippen MR) is 70.7 cm³/mol. The van der Waals surface area contributed by atoms with E-state index < -0.39 is 16.7 Å². The lowest BCUT2D eigenvalue weighted by Gasteiger charge is -2.36. The second-order valence-corrected chi connectivity index (χ2v) is 9.25. The summed E-state index contributed by atoms with van der Waals surface area (Å²) >= 11 is 19.6. The second kappa shape index (κ2) is 6.34. The van der Waals surface area contributed by atoms with Gasteiger partial charge >= 0.3 is 7.82 Å². The highest BCUT2D eigenvalue weighted by Gasteiger charge is 2.48. The molecule has 0 aliphatic carbocycles. The topological polar surface area (TPSA) is 44.8 Å². The van der Waals surface area contributed by atoms with Gasteiger partial charge in [-0.25, -0.2) is 4.57 Å².